The summed E-state index contributed by atoms with van der Waals surface area (Å²) in [6.45, 7) is 3.19. The predicted octanol–water partition coefficient (Wildman–Crippen LogP) is 2.35. The standard InChI is InChI=1S/C10H21NO/c1-3-9-6-4-5-7-10(9)8-12-11-2/h9-11H,3-8H2,1-2H3. The molecule has 2 atom stereocenters. The fourth-order valence-electron chi connectivity index (χ4n) is 2.23. The average molecular weight is 171 g/mol. The molecule has 2 unspecified atom stereocenters. The van der Waals surface area contributed by atoms with Gasteiger partial charge in [0.15, 0.2) is 0 Å². The zero-order valence-electron chi connectivity index (χ0n) is 8.31. The summed E-state index contributed by atoms with van der Waals surface area (Å²) in [7, 11) is 1.84. The van der Waals surface area contributed by atoms with Gasteiger partial charge in [0.25, 0.3) is 0 Å². The molecule has 0 radical (unpaired) electrons. The van der Waals surface area contributed by atoms with Gasteiger partial charge in [0.2, 0.25) is 0 Å². The molecule has 0 aromatic heterocycles. The predicted molar refractivity (Wildman–Crippen MR) is 50.8 cm³/mol. The summed E-state index contributed by atoms with van der Waals surface area (Å²) in [6.07, 6.45) is 6.91. The highest BCUT2D eigenvalue weighted by atomic mass is 16.6. The number of hydroxylamine groups is 1. The van der Waals surface area contributed by atoms with Crippen LogP contribution in [-0.4, -0.2) is 13.7 Å². The summed E-state index contributed by atoms with van der Waals surface area (Å²) < 4.78 is 0. The van der Waals surface area contributed by atoms with Gasteiger partial charge >= 0.3 is 0 Å². The lowest BCUT2D eigenvalue weighted by atomic mass is 9.78. The molecule has 1 saturated carbocycles. The molecule has 1 rings (SSSR count). The molecule has 0 bridgehead atoms. The van der Waals surface area contributed by atoms with Crippen LogP contribution in [0.2, 0.25) is 0 Å². The fraction of sp³-hybridized carbons (Fsp3) is 1.00. The quantitative estimate of drug-likeness (QED) is 0.656. The van der Waals surface area contributed by atoms with E-state index in [1.807, 2.05) is 7.05 Å². The van der Waals surface area contributed by atoms with Crippen molar-refractivity contribution in [2.24, 2.45) is 11.8 Å². The maximum absolute atomic E-state index is 5.26. The molecule has 2 nitrogen and oxygen atoms in total. The Morgan fingerprint density at radius 1 is 1.25 bits per heavy atom. The molecule has 0 saturated heterocycles. The van der Waals surface area contributed by atoms with E-state index in [1.54, 1.807) is 0 Å². The van der Waals surface area contributed by atoms with Gasteiger partial charge in [-0.15, -0.1) is 0 Å². The van der Waals surface area contributed by atoms with Gasteiger partial charge in [-0.25, -0.2) is 5.48 Å². The molecule has 1 aliphatic carbocycles. The van der Waals surface area contributed by atoms with Crippen molar-refractivity contribution in [2.45, 2.75) is 39.0 Å². The molecule has 0 amide bonds. The Bertz CT molecular complexity index is 116. The first kappa shape index (κ1) is 10.0. The Kier molecular flexibility index (Phi) is 4.62. The molecule has 0 aliphatic heterocycles. The van der Waals surface area contributed by atoms with Crippen LogP contribution in [0.15, 0.2) is 0 Å². The third-order valence-electron chi connectivity index (χ3n) is 3.03. The van der Waals surface area contributed by atoms with Crippen LogP contribution in [0.25, 0.3) is 0 Å². The van der Waals surface area contributed by atoms with Gasteiger partial charge in [-0.1, -0.05) is 32.6 Å². The van der Waals surface area contributed by atoms with Crippen molar-refractivity contribution in [3.63, 3.8) is 0 Å². The molecule has 0 aromatic carbocycles. The Balaban J connectivity index is 2.26. The van der Waals surface area contributed by atoms with Crippen molar-refractivity contribution >= 4 is 0 Å². The molecule has 2 heteroatoms. The Labute approximate surface area is 75.6 Å². The smallest absolute Gasteiger partial charge is 0.0712 e. The topological polar surface area (TPSA) is 21.3 Å². The normalized spacial score (nSPS) is 30.5. The van der Waals surface area contributed by atoms with E-state index in [2.05, 4.69) is 12.4 Å². The van der Waals surface area contributed by atoms with Crippen molar-refractivity contribution in [3.8, 4) is 0 Å². The second kappa shape index (κ2) is 5.55. The fourth-order valence-corrected chi connectivity index (χ4v) is 2.23. The summed E-state index contributed by atoms with van der Waals surface area (Å²) in [5.41, 5.74) is 2.76. The number of hydrogen-bond donors (Lipinski definition) is 1. The number of hydrogen-bond acceptors (Lipinski definition) is 2. The summed E-state index contributed by atoms with van der Waals surface area (Å²) >= 11 is 0. The largest absolute Gasteiger partial charge is 0.302 e. The highest BCUT2D eigenvalue weighted by molar-refractivity contribution is 4.73. The minimum atomic E-state index is 0.802. The first-order chi connectivity index (χ1) is 5.88. The molecule has 72 valence electrons. The summed E-state index contributed by atoms with van der Waals surface area (Å²) in [5, 5.41) is 0. The third-order valence-corrected chi connectivity index (χ3v) is 3.03. The number of rotatable bonds is 4. The van der Waals surface area contributed by atoms with E-state index in [9.17, 15) is 0 Å². The zero-order chi connectivity index (χ0) is 8.81. The van der Waals surface area contributed by atoms with Crippen LogP contribution in [0.4, 0.5) is 0 Å². The van der Waals surface area contributed by atoms with E-state index in [0.717, 1.165) is 18.4 Å². The Hall–Kier alpha value is -0.0800. The van der Waals surface area contributed by atoms with Gasteiger partial charge in [0, 0.05) is 7.05 Å². The van der Waals surface area contributed by atoms with Crippen molar-refractivity contribution in [2.75, 3.05) is 13.7 Å². The van der Waals surface area contributed by atoms with Gasteiger partial charge < -0.3 is 4.84 Å². The van der Waals surface area contributed by atoms with E-state index in [1.165, 1.54) is 32.1 Å². The van der Waals surface area contributed by atoms with Crippen LogP contribution in [0.3, 0.4) is 0 Å². The molecule has 1 N–H and O–H groups in total. The highest BCUT2D eigenvalue weighted by Crippen LogP contribution is 2.31. The second-order valence-corrected chi connectivity index (χ2v) is 3.73. The molecule has 0 heterocycles. The van der Waals surface area contributed by atoms with Crippen LogP contribution in [0.1, 0.15) is 39.0 Å². The Morgan fingerprint density at radius 2 is 1.92 bits per heavy atom. The van der Waals surface area contributed by atoms with Crippen LogP contribution in [-0.2, 0) is 4.84 Å². The zero-order valence-corrected chi connectivity index (χ0v) is 8.31. The van der Waals surface area contributed by atoms with E-state index in [0.29, 0.717) is 0 Å². The summed E-state index contributed by atoms with van der Waals surface area (Å²) in [5.74, 6) is 1.71. The molecule has 0 spiro atoms. The first-order valence-electron chi connectivity index (χ1n) is 5.17. The van der Waals surface area contributed by atoms with E-state index in [4.69, 9.17) is 4.84 Å². The van der Waals surface area contributed by atoms with E-state index < -0.39 is 0 Å². The maximum atomic E-state index is 5.26. The lowest BCUT2D eigenvalue weighted by Gasteiger charge is -2.30. The van der Waals surface area contributed by atoms with Gasteiger partial charge in [0.05, 0.1) is 6.61 Å². The molecular formula is C10H21NO. The molecular weight excluding hydrogens is 150 g/mol. The van der Waals surface area contributed by atoms with Crippen LogP contribution < -0.4 is 5.48 Å². The van der Waals surface area contributed by atoms with Gasteiger partial charge in [-0.3, -0.25) is 0 Å². The molecule has 0 aromatic rings. The molecule has 12 heavy (non-hydrogen) atoms. The van der Waals surface area contributed by atoms with Crippen molar-refractivity contribution in [1.29, 1.82) is 0 Å². The van der Waals surface area contributed by atoms with Gasteiger partial charge in [-0.2, -0.15) is 0 Å². The first-order valence-corrected chi connectivity index (χ1v) is 5.17. The lowest BCUT2D eigenvalue weighted by Crippen LogP contribution is -2.25. The second-order valence-electron chi connectivity index (χ2n) is 3.73. The van der Waals surface area contributed by atoms with Crippen LogP contribution in [0.5, 0.6) is 0 Å². The minimum Gasteiger partial charge on any atom is -0.302 e. The highest BCUT2D eigenvalue weighted by Gasteiger charge is 2.23. The summed E-state index contributed by atoms with van der Waals surface area (Å²) in [4.78, 5) is 5.26. The third kappa shape index (κ3) is 2.76. The lowest BCUT2D eigenvalue weighted by molar-refractivity contribution is 0.00502. The van der Waals surface area contributed by atoms with Gasteiger partial charge in [0.1, 0.15) is 0 Å². The van der Waals surface area contributed by atoms with E-state index >= 15 is 0 Å². The monoisotopic (exact) mass is 171 g/mol. The van der Waals surface area contributed by atoms with Crippen LogP contribution in [0, 0.1) is 11.8 Å². The Morgan fingerprint density at radius 3 is 2.50 bits per heavy atom. The minimum absolute atomic E-state index is 0.802. The molecule has 1 fully saturated rings. The van der Waals surface area contributed by atoms with Crippen LogP contribution >= 0.6 is 0 Å². The number of nitrogens with one attached hydrogen (secondary N) is 1. The van der Waals surface area contributed by atoms with Gasteiger partial charge in [-0.05, 0) is 18.3 Å². The SMILES string of the molecule is CCC1CCCCC1CONC. The van der Waals surface area contributed by atoms with E-state index in [-0.39, 0.29) is 0 Å². The summed E-state index contributed by atoms with van der Waals surface area (Å²) in [6, 6.07) is 0. The molecule has 1 aliphatic rings. The maximum Gasteiger partial charge on any atom is 0.0712 e. The van der Waals surface area contributed by atoms with Crippen molar-refractivity contribution in [1.82, 2.24) is 5.48 Å². The average Bonchev–Trinajstić information content (AvgIpc) is 2.15. The van der Waals surface area contributed by atoms with Crippen molar-refractivity contribution < 1.29 is 4.84 Å². The van der Waals surface area contributed by atoms with Crippen molar-refractivity contribution in [3.05, 3.63) is 0 Å².